The molecule has 33 heavy (non-hydrogen) atoms. The van der Waals surface area contributed by atoms with Crippen LogP contribution in [0.2, 0.25) is 0 Å². The first-order valence-electron chi connectivity index (χ1n) is 11.3. The van der Waals surface area contributed by atoms with Gasteiger partial charge >= 0.3 is 0 Å². The predicted molar refractivity (Wildman–Crippen MR) is 144 cm³/mol. The molecule has 0 bridgehead atoms. The smallest absolute Gasteiger partial charge is 0.191 e. The van der Waals surface area contributed by atoms with Gasteiger partial charge in [-0.25, -0.2) is 0 Å². The van der Waals surface area contributed by atoms with E-state index in [-0.39, 0.29) is 30.0 Å². The van der Waals surface area contributed by atoms with Crippen LogP contribution in [0.1, 0.15) is 36.9 Å². The molecule has 1 heterocycles. The zero-order valence-electron chi connectivity index (χ0n) is 20.1. The fourth-order valence-electron chi connectivity index (χ4n) is 4.13. The lowest BCUT2D eigenvalue weighted by Crippen LogP contribution is -2.42. The number of rotatable bonds is 10. The first kappa shape index (κ1) is 27.0. The zero-order chi connectivity index (χ0) is 22.8. The number of guanidine groups is 1. The van der Waals surface area contributed by atoms with Gasteiger partial charge in [-0.2, -0.15) is 0 Å². The molecule has 0 saturated carbocycles. The van der Waals surface area contributed by atoms with E-state index >= 15 is 0 Å². The van der Waals surface area contributed by atoms with Crippen molar-refractivity contribution in [1.29, 1.82) is 0 Å². The van der Waals surface area contributed by atoms with Gasteiger partial charge in [0.15, 0.2) is 17.5 Å². The molecule has 7 nitrogen and oxygen atoms in total. The van der Waals surface area contributed by atoms with E-state index in [1.54, 1.807) is 21.3 Å². The van der Waals surface area contributed by atoms with Crippen molar-refractivity contribution >= 4 is 29.9 Å². The third kappa shape index (κ3) is 7.40. The van der Waals surface area contributed by atoms with Gasteiger partial charge < -0.3 is 24.8 Å². The molecule has 1 atom stereocenters. The Kier molecular flexibility index (Phi) is 11.6. The molecule has 1 fully saturated rings. The molecule has 0 spiro atoms. The Hall–Kier alpha value is -2.20. The highest BCUT2D eigenvalue weighted by atomic mass is 127. The van der Waals surface area contributed by atoms with Crippen LogP contribution < -0.4 is 24.8 Å². The van der Waals surface area contributed by atoms with Crippen molar-refractivity contribution in [3.05, 3.63) is 53.6 Å². The number of likely N-dealkylation sites (tertiary alicyclic amines) is 1. The molecule has 0 radical (unpaired) electrons. The maximum Gasteiger partial charge on any atom is 0.191 e. The summed E-state index contributed by atoms with van der Waals surface area (Å²) in [6.45, 7) is 6.14. The van der Waals surface area contributed by atoms with Crippen molar-refractivity contribution in [1.82, 2.24) is 15.5 Å². The number of hydrogen-bond acceptors (Lipinski definition) is 5. The Balaban J connectivity index is 0.00000385. The minimum atomic E-state index is 0. The van der Waals surface area contributed by atoms with Gasteiger partial charge in [-0.15, -0.1) is 24.0 Å². The first-order valence-corrected chi connectivity index (χ1v) is 11.3. The van der Waals surface area contributed by atoms with Crippen molar-refractivity contribution in [3.63, 3.8) is 0 Å². The van der Waals surface area contributed by atoms with Crippen LogP contribution in [0.3, 0.4) is 0 Å². The highest BCUT2D eigenvalue weighted by Crippen LogP contribution is 2.31. The third-order valence-corrected chi connectivity index (χ3v) is 5.75. The monoisotopic (exact) mass is 568 g/mol. The van der Waals surface area contributed by atoms with E-state index in [2.05, 4.69) is 32.7 Å². The summed E-state index contributed by atoms with van der Waals surface area (Å²) in [5.41, 5.74) is 2.30. The zero-order valence-corrected chi connectivity index (χ0v) is 22.4. The van der Waals surface area contributed by atoms with E-state index in [0.717, 1.165) is 48.4 Å². The minimum absolute atomic E-state index is 0. The Labute approximate surface area is 214 Å². The van der Waals surface area contributed by atoms with Gasteiger partial charge in [0.05, 0.1) is 26.9 Å². The number of nitrogens with zero attached hydrogens (tertiary/aromatic N) is 2. The summed E-state index contributed by atoms with van der Waals surface area (Å²) in [5.74, 6) is 3.18. The van der Waals surface area contributed by atoms with Crippen molar-refractivity contribution in [2.45, 2.75) is 32.4 Å². The van der Waals surface area contributed by atoms with E-state index in [1.165, 1.54) is 18.4 Å². The molecule has 1 unspecified atom stereocenters. The second kappa shape index (κ2) is 14.1. The molecule has 1 saturated heterocycles. The second-order valence-corrected chi connectivity index (χ2v) is 7.73. The van der Waals surface area contributed by atoms with E-state index in [9.17, 15) is 0 Å². The maximum atomic E-state index is 5.69. The molecule has 0 aromatic heterocycles. The van der Waals surface area contributed by atoms with Gasteiger partial charge in [-0.3, -0.25) is 9.89 Å². The minimum Gasteiger partial charge on any atom is -0.496 e. The van der Waals surface area contributed by atoms with Gasteiger partial charge in [-0.05, 0) is 56.6 Å². The van der Waals surface area contributed by atoms with Crippen LogP contribution in [-0.4, -0.2) is 58.4 Å². The second-order valence-electron chi connectivity index (χ2n) is 7.73. The summed E-state index contributed by atoms with van der Waals surface area (Å²) >= 11 is 0. The third-order valence-electron chi connectivity index (χ3n) is 5.75. The topological polar surface area (TPSA) is 67.3 Å². The molecule has 2 N–H and O–H groups in total. The van der Waals surface area contributed by atoms with Crippen molar-refractivity contribution < 1.29 is 14.2 Å². The van der Waals surface area contributed by atoms with Gasteiger partial charge in [0.2, 0.25) is 0 Å². The van der Waals surface area contributed by atoms with Crippen LogP contribution in [0, 0.1) is 0 Å². The van der Waals surface area contributed by atoms with Crippen LogP contribution in [0.15, 0.2) is 47.5 Å². The normalized spacial score (nSPS) is 14.8. The van der Waals surface area contributed by atoms with Crippen LogP contribution in [-0.2, 0) is 6.54 Å². The molecule has 2 aromatic rings. The largest absolute Gasteiger partial charge is 0.496 e. The standard InChI is InChI=1S/C25H36N4O3.HI/c1-5-32-24-16-19(12-13-23(24)31-4)17-27-25(26-2)28-18-21(29-14-8-9-15-29)20-10-6-7-11-22(20)30-3;/h6-7,10-13,16,21H,5,8-9,14-15,17-18H2,1-4H3,(H2,26,27,28);1H. The van der Waals surface area contributed by atoms with Gasteiger partial charge in [0.25, 0.3) is 0 Å². The number of para-hydroxylation sites is 1. The van der Waals surface area contributed by atoms with E-state index in [4.69, 9.17) is 14.2 Å². The fraction of sp³-hybridized carbons (Fsp3) is 0.480. The van der Waals surface area contributed by atoms with Gasteiger partial charge in [-0.1, -0.05) is 24.3 Å². The summed E-state index contributed by atoms with van der Waals surface area (Å²) in [5, 5.41) is 6.93. The van der Waals surface area contributed by atoms with Crippen LogP contribution in [0.4, 0.5) is 0 Å². The number of ether oxygens (including phenoxy) is 3. The van der Waals surface area contributed by atoms with E-state index < -0.39 is 0 Å². The van der Waals surface area contributed by atoms with Crippen LogP contribution in [0.25, 0.3) is 0 Å². The van der Waals surface area contributed by atoms with Crippen LogP contribution in [0.5, 0.6) is 17.2 Å². The SMILES string of the molecule is CCOc1cc(CNC(=NC)NCC(c2ccccc2OC)N2CCCC2)ccc1OC.I. The first-order chi connectivity index (χ1) is 15.7. The Morgan fingerprint density at radius 1 is 1.00 bits per heavy atom. The molecule has 0 amide bonds. The Morgan fingerprint density at radius 3 is 2.39 bits per heavy atom. The van der Waals surface area contributed by atoms with Crippen molar-refractivity contribution in [2.24, 2.45) is 4.99 Å². The summed E-state index contributed by atoms with van der Waals surface area (Å²) in [6.07, 6.45) is 2.47. The highest BCUT2D eigenvalue weighted by molar-refractivity contribution is 14.0. The van der Waals surface area contributed by atoms with Gasteiger partial charge in [0.1, 0.15) is 5.75 Å². The van der Waals surface area contributed by atoms with E-state index in [1.807, 2.05) is 37.3 Å². The summed E-state index contributed by atoms with van der Waals surface area (Å²) < 4.78 is 16.7. The molecular formula is C25H37IN4O3. The number of hydrogen-bond donors (Lipinski definition) is 2. The Bertz CT molecular complexity index is 888. The number of halogens is 1. The van der Waals surface area contributed by atoms with E-state index in [0.29, 0.717) is 13.2 Å². The lowest BCUT2D eigenvalue weighted by molar-refractivity contribution is 0.239. The highest BCUT2D eigenvalue weighted by Gasteiger charge is 2.26. The number of nitrogens with one attached hydrogen (secondary N) is 2. The summed E-state index contributed by atoms with van der Waals surface area (Å²) in [6, 6.07) is 14.5. The lowest BCUT2D eigenvalue weighted by Gasteiger charge is -2.30. The lowest BCUT2D eigenvalue weighted by atomic mass is 10.0. The van der Waals surface area contributed by atoms with Crippen molar-refractivity contribution in [3.8, 4) is 17.2 Å². The average molecular weight is 569 g/mol. The summed E-state index contributed by atoms with van der Waals surface area (Å²) in [4.78, 5) is 6.94. The molecule has 3 rings (SSSR count). The molecule has 1 aliphatic heterocycles. The fourth-order valence-corrected chi connectivity index (χ4v) is 4.13. The number of methoxy groups -OCH3 is 2. The molecule has 2 aromatic carbocycles. The van der Waals surface area contributed by atoms with Crippen LogP contribution >= 0.6 is 24.0 Å². The predicted octanol–water partition coefficient (Wildman–Crippen LogP) is 4.22. The number of benzene rings is 2. The maximum absolute atomic E-state index is 5.69. The van der Waals surface area contributed by atoms with Crippen molar-refractivity contribution in [2.75, 3.05) is 47.5 Å². The van der Waals surface area contributed by atoms with Gasteiger partial charge in [0, 0.05) is 25.7 Å². The molecule has 1 aliphatic rings. The summed E-state index contributed by atoms with van der Waals surface area (Å²) in [7, 11) is 5.18. The molecule has 8 heteroatoms. The molecule has 0 aliphatic carbocycles. The number of aliphatic imine (C=N–C) groups is 1. The Morgan fingerprint density at radius 2 is 1.73 bits per heavy atom. The molecule has 182 valence electrons. The molecular weight excluding hydrogens is 531 g/mol. The average Bonchev–Trinajstić information content (AvgIpc) is 3.36. The quantitative estimate of drug-likeness (QED) is 0.254.